The molecule has 0 bridgehead atoms. The summed E-state index contributed by atoms with van der Waals surface area (Å²) in [5.74, 6) is 0. The van der Waals surface area contributed by atoms with Gasteiger partial charge in [-0.05, 0) is 56.6 Å². The number of hydrogen-bond acceptors (Lipinski definition) is 6. The fourth-order valence-corrected chi connectivity index (χ4v) is 2.39. The van der Waals surface area contributed by atoms with Gasteiger partial charge in [0.05, 0.1) is 11.4 Å². The van der Waals surface area contributed by atoms with Crippen LogP contribution < -0.4 is 4.90 Å². The van der Waals surface area contributed by atoms with Crippen molar-refractivity contribution in [2.75, 3.05) is 11.9 Å². The third-order valence-corrected chi connectivity index (χ3v) is 4.07. The van der Waals surface area contributed by atoms with Crippen LogP contribution in [0.25, 0.3) is 0 Å². The van der Waals surface area contributed by atoms with Gasteiger partial charge >= 0.3 is 0 Å². The molecule has 0 aliphatic rings. The number of rotatable bonds is 4. The highest BCUT2D eigenvalue weighted by molar-refractivity contribution is 7.10. The highest BCUT2D eigenvalue weighted by atomic mass is 32.1. The SMILES string of the molecule is Cc1nsc(N=Nc2ccc(N(C)C(C)C)cc2)c1C#N. The third-order valence-electron chi connectivity index (χ3n) is 3.24. The maximum atomic E-state index is 9.04. The van der Waals surface area contributed by atoms with Crippen molar-refractivity contribution in [1.29, 1.82) is 5.26 Å². The molecule has 2 aromatic rings. The van der Waals surface area contributed by atoms with Gasteiger partial charge < -0.3 is 4.90 Å². The Morgan fingerprint density at radius 2 is 1.90 bits per heavy atom. The summed E-state index contributed by atoms with van der Waals surface area (Å²) in [4.78, 5) is 2.18. The second-order valence-corrected chi connectivity index (χ2v) is 5.73. The Morgan fingerprint density at radius 3 is 2.48 bits per heavy atom. The first-order valence-corrected chi connectivity index (χ1v) is 7.41. The van der Waals surface area contributed by atoms with Gasteiger partial charge in [0, 0.05) is 18.8 Å². The summed E-state index contributed by atoms with van der Waals surface area (Å²) in [6.45, 7) is 6.08. The Kier molecular flexibility index (Phi) is 4.66. The van der Waals surface area contributed by atoms with Crippen molar-refractivity contribution >= 4 is 27.9 Å². The van der Waals surface area contributed by atoms with Crippen molar-refractivity contribution in [3.8, 4) is 6.07 Å². The second-order valence-electron chi connectivity index (χ2n) is 4.98. The van der Waals surface area contributed by atoms with Gasteiger partial charge in [0.2, 0.25) is 0 Å². The topological polar surface area (TPSA) is 64.6 Å². The Bertz CT molecular complexity index is 679. The molecule has 1 aromatic heterocycles. The normalized spacial score (nSPS) is 11.0. The van der Waals surface area contributed by atoms with Crippen LogP contribution in [0.5, 0.6) is 0 Å². The van der Waals surface area contributed by atoms with Gasteiger partial charge in [0.15, 0.2) is 5.00 Å². The van der Waals surface area contributed by atoms with Crippen LogP contribution in [-0.2, 0) is 0 Å². The van der Waals surface area contributed by atoms with Crippen LogP contribution >= 0.6 is 11.5 Å². The molecule has 6 heteroatoms. The maximum Gasteiger partial charge on any atom is 0.176 e. The minimum atomic E-state index is 0.441. The third kappa shape index (κ3) is 3.44. The highest BCUT2D eigenvalue weighted by Gasteiger charge is 2.09. The number of benzene rings is 1. The average Bonchev–Trinajstić information content (AvgIpc) is 2.85. The van der Waals surface area contributed by atoms with E-state index >= 15 is 0 Å². The molecular formula is C15H17N5S. The first-order valence-electron chi connectivity index (χ1n) is 6.64. The molecule has 0 radical (unpaired) electrons. The summed E-state index contributed by atoms with van der Waals surface area (Å²) in [6, 6.07) is 10.4. The molecule has 5 nitrogen and oxygen atoms in total. The largest absolute Gasteiger partial charge is 0.372 e. The summed E-state index contributed by atoms with van der Waals surface area (Å²) in [5, 5.41) is 17.9. The Morgan fingerprint density at radius 1 is 1.24 bits per heavy atom. The van der Waals surface area contributed by atoms with E-state index in [1.165, 1.54) is 11.5 Å². The van der Waals surface area contributed by atoms with E-state index in [2.05, 4.69) is 46.5 Å². The van der Waals surface area contributed by atoms with Crippen molar-refractivity contribution < 1.29 is 0 Å². The molecule has 1 heterocycles. The molecule has 1 aromatic carbocycles. The van der Waals surface area contributed by atoms with Gasteiger partial charge in [-0.25, -0.2) is 0 Å². The van der Waals surface area contributed by atoms with E-state index in [9.17, 15) is 0 Å². The number of azo groups is 1. The van der Waals surface area contributed by atoms with Crippen molar-refractivity contribution in [2.45, 2.75) is 26.8 Å². The minimum Gasteiger partial charge on any atom is -0.372 e. The van der Waals surface area contributed by atoms with E-state index in [4.69, 9.17) is 5.26 Å². The van der Waals surface area contributed by atoms with Crippen molar-refractivity contribution in [3.63, 3.8) is 0 Å². The molecule has 0 N–H and O–H groups in total. The van der Waals surface area contributed by atoms with Gasteiger partial charge in [0.1, 0.15) is 11.6 Å². The van der Waals surface area contributed by atoms with E-state index in [0.29, 0.717) is 22.3 Å². The first-order chi connectivity index (χ1) is 10.0. The van der Waals surface area contributed by atoms with Gasteiger partial charge in [-0.1, -0.05) is 0 Å². The number of aryl methyl sites for hydroxylation is 1. The fraction of sp³-hybridized carbons (Fsp3) is 0.333. The first kappa shape index (κ1) is 15.1. The van der Waals surface area contributed by atoms with E-state index in [-0.39, 0.29) is 0 Å². The van der Waals surface area contributed by atoms with Crippen LogP contribution in [0.2, 0.25) is 0 Å². The monoisotopic (exact) mass is 299 g/mol. The van der Waals surface area contributed by atoms with Crippen LogP contribution in [0.15, 0.2) is 34.5 Å². The number of aromatic nitrogens is 1. The summed E-state index contributed by atoms with van der Waals surface area (Å²) in [5.41, 5.74) is 3.09. The van der Waals surface area contributed by atoms with Crippen molar-refractivity contribution in [3.05, 3.63) is 35.5 Å². The van der Waals surface area contributed by atoms with Gasteiger partial charge in [-0.2, -0.15) is 9.64 Å². The van der Waals surface area contributed by atoms with Crippen LogP contribution in [0.4, 0.5) is 16.4 Å². The number of nitrogens with zero attached hydrogens (tertiary/aromatic N) is 5. The van der Waals surface area contributed by atoms with E-state index < -0.39 is 0 Å². The Balaban J connectivity index is 2.17. The van der Waals surface area contributed by atoms with Crippen LogP contribution in [-0.4, -0.2) is 17.5 Å². The number of nitriles is 1. The average molecular weight is 299 g/mol. The molecule has 0 amide bonds. The molecule has 0 spiro atoms. The molecule has 0 aliphatic heterocycles. The zero-order chi connectivity index (χ0) is 15.4. The predicted molar refractivity (Wildman–Crippen MR) is 85.7 cm³/mol. The predicted octanol–water partition coefficient (Wildman–Crippen LogP) is 4.58. The molecule has 0 saturated carbocycles. The molecule has 0 saturated heterocycles. The van der Waals surface area contributed by atoms with E-state index in [1.54, 1.807) is 6.92 Å². The summed E-state index contributed by atoms with van der Waals surface area (Å²) in [6.07, 6.45) is 0. The van der Waals surface area contributed by atoms with Crippen molar-refractivity contribution in [2.24, 2.45) is 10.2 Å². The number of anilines is 1. The molecule has 21 heavy (non-hydrogen) atoms. The van der Waals surface area contributed by atoms with Gasteiger partial charge in [0.25, 0.3) is 0 Å². The Labute approximate surface area is 128 Å². The maximum absolute atomic E-state index is 9.04. The van der Waals surface area contributed by atoms with Crippen LogP contribution in [0, 0.1) is 18.3 Å². The summed E-state index contributed by atoms with van der Waals surface area (Å²) >= 11 is 1.19. The minimum absolute atomic E-state index is 0.441. The lowest BCUT2D eigenvalue weighted by Gasteiger charge is -2.23. The van der Waals surface area contributed by atoms with E-state index in [1.807, 2.05) is 24.3 Å². The molecule has 0 fully saturated rings. The zero-order valence-electron chi connectivity index (χ0n) is 12.5. The molecule has 108 valence electrons. The Hall–Kier alpha value is -2.26. The quantitative estimate of drug-likeness (QED) is 0.776. The molecular weight excluding hydrogens is 282 g/mol. The van der Waals surface area contributed by atoms with E-state index in [0.717, 1.165) is 11.4 Å². The molecule has 0 unspecified atom stereocenters. The highest BCUT2D eigenvalue weighted by Crippen LogP contribution is 2.29. The van der Waals surface area contributed by atoms with Gasteiger partial charge in [-0.15, -0.1) is 10.2 Å². The standard InChI is InChI=1S/C15H17N5S/c1-10(2)20(4)13-7-5-12(6-8-13)17-18-15-14(9-16)11(3)19-21-15/h5-8,10H,1-4H3. The van der Waals surface area contributed by atoms with Crippen molar-refractivity contribution in [1.82, 2.24) is 4.37 Å². The summed E-state index contributed by atoms with van der Waals surface area (Å²) in [7, 11) is 2.06. The lowest BCUT2D eigenvalue weighted by atomic mass is 10.2. The molecule has 2 rings (SSSR count). The molecule has 0 atom stereocenters. The van der Waals surface area contributed by atoms with Crippen LogP contribution in [0.1, 0.15) is 25.1 Å². The second kappa shape index (κ2) is 6.46. The van der Waals surface area contributed by atoms with Gasteiger partial charge in [-0.3, -0.25) is 0 Å². The zero-order valence-corrected chi connectivity index (χ0v) is 13.3. The number of hydrogen-bond donors (Lipinski definition) is 0. The molecule has 0 aliphatic carbocycles. The summed E-state index contributed by atoms with van der Waals surface area (Å²) < 4.78 is 4.12. The lowest BCUT2D eigenvalue weighted by molar-refractivity contribution is 0.755. The smallest absolute Gasteiger partial charge is 0.176 e. The van der Waals surface area contributed by atoms with Crippen LogP contribution in [0.3, 0.4) is 0 Å². The fourth-order valence-electron chi connectivity index (χ4n) is 1.71. The lowest BCUT2D eigenvalue weighted by Crippen LogP contribution is -2.25.